The zero-order chi connectivity index (χ0) is 19.8. The molecule has 27 heavy (non-hydrogen) atoms. The second kappa shape index (κ2) is 9.63. The van der Waals surface area contributed by atoms with Crippen LogP contribution in [0.15, 0.2) is 42.5 Å². The maximum Gasteiger partial charge on any atom is 0.274 e. The molecule has 0 atom stereocenters. The third-order valence-corrected chi connectivity index (χ3v) is 4.07. The first-order valence-corrected chi connectivity index (χ1v) is 8.93. The lowest BCUT2D eigenvalue weighted by atomic mass is 10.1. The number of carbonyl (C=O) groups excluding carboxylic acids is 1. The number of unbranched alkanes of at least 4 members (excludes halogenated alkanes) is 1. The number of nitrogens with one attached hydrogen (secondary N) is 2. The minimum atomic E-state index is -0.466. The highest BCUT2D eigenvalue weighted by atomic mass is 32.1. The largest absolute Gasteiger partial charge is 0.493 e. The highest BCUT2D eigenvalue weighted by molar-refractivity contribution is 7.80. The van der Waals surface area contributed by atoms with Gasteiger partial charge in [0.25, 0.3) is 11.6 Å². The fourth-order valence-corrected chi connectivity index (χ4v) is 2.59. The van der Waals surface area contributed by atoms with Crippen molar-refractivity contribution in [3.8, 4) is 5.75 Å². The van der Waals surface area contributed by atoms with Gasteiger partial charge < -0.3 is 10.1 Å². The van der Waals surface area contributed by atoms with Crippen LogP contribution in [0.1, 0.15) is 35.7 Å². The molecule has 0 unspecified atom stereocenters. The number of hydrogen-bond acceptors (Lipinski definition) is 5. The molecule has 1 amide bonds. The van der Waals surface area contributed by atoms with E-state index in [1.165, 1.54) is 6.07 Å². The highest BCUT2D eigenvalue weighted by Gasteiger charge is 2.16. The number of thiocarbonyl (C=S) groups is 1. The van der Waals surface area contributed by atoms with Crippen LogP contribution in [-0.4, -0.2) is 22.5 Å². The molecule has 2 aromatic carbocycles. The number of carbonyl (C=O) groups is 1. The topological polar surface area (TPSA) is 93.5 Å². The fraction of sp³-hybridized carbons (Fsp3) is 0.263. The van der Waals surface area contributed by atoms with Crippen LogP contribution >= 0.6 is 12.2 Å². The first kappa shape index (κ1) is 20.3. The third-order valence-electron chi connectivity index (χ3n) is 3.86. The molecule has 7 nitrogen and oxygen atoms in total. The van der Waals surface area contributed by atoms with Crippen LogP contribution in [0.3, 0.4) is 0 Å². The molecular formula is C19H21N3O4S. The predicted octanol–water partition coefficient (Wildman–Crippen LogP) is 4.21. The summed E-state index contributed by atoms with van der Waals surface area (Å²) in [4.78, 5) is 23.1. The highest BCUT2D eigenvalue weighted by Crippen LogP contribution is 2.25. The summed E-state index contributed by atoms with van der Waals surface area (Å²) in [6, 6.07) is 11.5. The summed E-state index contributed by atoms with van der Waals surface area (Å²) in [6.45, 7) is 4.19. The van der Waals surface area contributed by atoms with Crippen molar-refractivity contribution in [3.63, 3.8) is 0 Å². The van der Waals surface area contributed by atoms with Gasteiger partial charge in [0, 0.05) is 6.07 Å². The number of nitro groups is 1. The zero-order valence-electron chi connectivity index (χ0n) is 15.2. The second-order valence-corrected chi connectivity index (χ2v) is 6.22. The Morgan fingerprint density at radius 3 is 2.67 bits per heavy atom. The molecule has 0 saturated heterocycles. The van der Waals surface area contributed by atoms with Crippen LogP contribution in [0.2, 0.25) is 0 Å². The number of hydrogen-bond donors (Lipinski definition) is 2. The van der Waals surface area contributed by atoms with Crippen LogP contribution in [0.4, 0.5) is 11.4 Å². The maximum atomic E-state index is 12.5. The van der Waals surface area contributed by atoms with Crippen molar-refractivity contribution >= 4 is 34.6 Å². The van der Waals surface area contributed by atoms with Crippen LogP contribution in [-0.2, 0) is 0 Å². The summed E-state index contributed by atoms with van der Waals surface area (Å²) >= 11 is 5.18. The lowest BCUT2D eigenvalue weighted by Gasteiger charge is -2.14. The van der Waals surface area contributed by atoms with Gasteiger partial charge in [0.1, 0.15) is 5.75 Å². The number of rotatable bonds is 7. The lowest BCUT2D eigenvalue weighted by Crippen LogP contribution is -2.34. The Hall–Kier alpha value is -3.00. The summed E-state index contributed by atoms with van der Waals surface area (Å²) in [6.07, 6.45) is 1.88. The van der Waals surface area contributed by atoms with Crippen molar-refractivity contribution in [2.45, 2.75) is 26.7 Å². The van der Waals surface area contributed by atoms with E-state index in [0.717, 1.165) is 12.8 Å². The molecule has 0 spiro atoms. The van der Waals surface area contributed by atoms with E-state index < -0.39 is 10.8 Å². The number of anilines is 1. The van der Waals surface area contributed by atoms with Gasteiger partial charge in [0.05, 0.1) is 28.3 Å². The Balaban J connectivity index is 2.08. The smallest absolute Gasteiger partial charge is 0.274 e. The van der Waals surface area contributed by atoms with Gasteiger partial charge in [-0.15, -0.1) is 0 Å². The maximum absolute atomic E-state index is 12.5. The number of para-hydroxylation sites is 1. The van der Waals surface area contributed by atoms with Crippen LogP contribution in [0, 0.1) is 17.0 Å². The average Bonchev–Trinajstić information content (AvgIpc) is 2.63. The van der Waals surface area contributed by atoms with E-state index in [4.69, 9.17) is 17.0 Å². The molecule has 0 bridgehead atoms. The summed E-state index contributed by atoms with van der Waals surface area (Å²) in [5, 5.41) is 16.5. The Morgan fingerprint density at radius 2 is 1.96 bits per heavy atom. The molecule has 0 saturated carbocycles. The van der Waals surface area contributed by atoms with Crippen LogP contribution in [0.5, 0.6) is 5.75 Å². The fourth-order valence-electron chi connectivity index (χ4n) is 2.39. The van der Waals surface area contributed by atoms with Gasteiger partial charge >= 0.3 is 0 Å². The predicted molar refractivity (Wildman–Crippen MR) is 108 cm³/mol. The Morgan fingerprint density at radius 1 is 1.22 bits per heavy atom. The first-order chi connectivity index (χ1) is 12.9. The van der Waals surface area contributed by atoms with Gasteiger partial charge in [-0.25, -0.2) is 0 Å². The molecule has 0 aromatic heterocycles. The van der Waals surface area contributed by atoms with E-state index in [1.807, 2.05) is 0 Å². The van der Waals surface area contributed by atoms with Crippen LogP contribution < -0.4 is 15.4 Å². The van der Waals surface area contributed by atoms with Crippen molar-refractivity contribution in [2.24, 2.45) is 0 Å². The molecule has 8 heteroatoms. The Labute approximate surface area is 162 Å². The molecule has 0 aliphatic rings. The van der Waals surface area contributed by atoms with Crippen molar-refractivity contribution in [3.05, 3.63) is 63.7 Å². The SMILES string of the molecule is CCCCOc1ccccc1C(=O)NC(=S)Nc1cccc([N+](=O)[O-])c1C. The van der Waals surface area contributed by atoms with Crippen LogP contribution in [0.25, 0.3) is 0 Å². The van der Waals surface area contributed by atoms with Gasteiger partial charge in [-0.1, -0.05) is 31.5 Å². The van der Waals surface area contributed by atoms with Gasteiger partial charge in [-0.2, -0.15) is 0 Å². The third kappa shape index (κ3) is 5.49. The number of nitrogens with zero attached hydrogens (tertiary/aromatic N) is 1. The summed E-state index contributed by atoms with van der Waals surface area (Å²) in [5.41, 5.74) is 1.24. The monoisotopic (exact) mass is 387 g/mol. The minimum absolute atomic E-state index is 0.0243. The molecule has 0 fully saturated rings. The van der Waals surface area contributed by atoms with Gasteiger partial charge in [-0.05, 0) is 43.8 Å². The molecule has 0 heterocycles. The van der Waals surface area contributed by atoms with Gasteiger partial charge in [-0.3, -0.25) is 20.2 Å². The normalized spacial score (nSPS) is 10.1. The van der Waals surface area contributed by atoms with Gasteiger partial charge in [0.2, 0.25) is 0 Å². The number of benzene rings is 2. The second-order valence-electron chi connectivity index (χ2n) is 5.81. The van der Waals surface area contributed by atoms with E-state index in [0.29, 0.717) is 29.2 Å². The minimum Gasteiger partial charge on any atom is -0.493 e. The molecule has 0 radical (unpaired) electrons. The van der Waals surface area contributed by atoms with Gasteiger partial charge in [0.15, 0.2) is 5.11 Å². The van der Waals surface area contributed by atoms with E-state index in [9.17, 15) is 14.9 Å². The molecule has 2 aromatic rings. The quantitative estimate of drug-likeness (QED) is 0.320. The average molecular weight is 387 g/mol. The van der Waals surface area contributed by atoms with Crippen molar-refractivity contribution < 1.29 is 14.5 Å². The van der Waals surface area contributed by atoms with Crippen molar-refractivity contribution in [1.29, 1.82) is 0 Å². The van der Waals surface area contributed by atoms with Crippen molar-refractivity contribution in [2.75, 3.05) is 11.9 Å². The molecule has 2 rings (SSSR count). The number of ether oxygens (including phenoxy) is 1. The molecule has 2 N–H and O–H groups in total. The van der Waals surface area contributed by atoms with E-state index in [2.05, 4.69) is 17.6 Å². The summed E-state index contributed by atoms with van der Waals surface area (Å²) < 4.78 is 5.66. The Kier molecular flexibility index (Phi) is 7.25. The summed E-state index contributed by atoms with van der Waals surface area (Å²) in [5.74, 6) is 0.0699. The molecule has 0 aliphatic carbocycles. The number of amides is 1. The first-order valence-electron chi connectivity index (χ1n) is 8.52. The van der Waals surface area contributed by atoms with E-state index in [-0.39, 0.29) is 10.8 Å². The van der Waals surface area contributed by atoms with Crippen molar-refractivity contribution in [1.82, 2.24) is 5.32 Å². The van der Waals surface area contributed by atoms with E-state index >= 15 is 0 Å². The molecule has 142 valence electrons. The number of nitro benzene ring substituents is 1. The Bertz CT molecular complexity index is 855. The lowest BCUT2D eigenvalue weighted by molar-refractivity contribution is -0.385. The summed E-state index contributed by atoms with van der Waals surface area (Å²) in [7, 11) is 0. The molecular weight excluding hydrogens is 366 g/mol. The molecule has 0 aliphatic heterocycles. The standard InChI is InChI=1S/C19H21N3O4S/c1-3-4-12-26-17-11-6-5-8-14(17)18(23)21-19(27)20-15-9-7-10-16(13(15)2)22(24)25/h5-11H,3-4,12H2,1-2H3,(H2,20,21,23,27). The van der Waals surface area contributed by atoms with E-state index in [1.54, 1.807) is 43.3 Å². The zero-order valence-corrected chi connectivity index (χ0v) is 16.0.